The SMILES string of the molecule is COCc1ccc(C2(C(=O)O)CCC2)o1. The van der Waals surface area contributed by atoms with Crippen molar-refractivity contribution in [1.82, 2.24) is 0 Å². The molecule has 1 fully saturated rings. The van der Waals surface area contributed by atoms with Crippen LogP contribution in [0.15, 0.2) is 16.5 Å². The highest BCUT2D eigenvalue weighted by Gasteiger charge is 2.48. The molecule has 15 heavy (non-hydrogen) atoms. The number of ether oxygens (including phenoxy) is 1. The van der Waals surface area contributed by atoms with Gasteiger partial charge in [0, 0.05) is 7.11 Å². The van der Waals surface area contributed by atoms with Gasteiger partial charge in [0.15, 0.2) is 0 Å². The van der Waals surface area contributed by atoms with E-state index in [4.69, 9.17) is 9.15 Å². The van der Waals surface area contributed by atoms with Crippen LogP contribution in [0.4, 0.5) is 0 Å². The minimum Gasteiger partial charge on any atom is -0.480 e. The van der Waals surface area contributed by atoms with E-state index >= 15 is 0 Å². The van der Waals surface area contributed by atoms with Gasteiger partial charge in [-0.15, -0.1) is 0 Å². The van der Waals surface area contributed by atoms with Crippen LogP contribution in [0.5, 0.6) is 0 Å². The fraction of sp³-hybridized carbons (Fsp3) is 0.545. The van der Waals surface area contributed by atoms with Crippen LogP contribution in [0.3, 0.4) is 0 Å². The quantitative estimate of drug-likeness (QED) is 0.824. The van der Waals surface area contributed by atoms with Crippen LogP contribution in [0.1, 0.15) is 30.8 Å². The van der Waals surface area contributed by atoms with Crippen molar-refractivity contribution in [3.05, 3.63) is 23.7 Å². The van der Waals surface area contributed by atoms with Gasteiger partial charge >= 0.3 is 5.97 Å². The largest absolute Gasteiger partial charge is 0.480 e. The first kappa shape index (κ1) is 10.2. The van der Waals surface area contributed by atoms with Gasteiger partial charge < -0.3 is 14.3 Å². The van der Waals surface area contributed by atoms with Crippen molar-refractivity contribution in [2.45, 2.75) is 31.3 Å². The molecule has 4 heteroatoms. The van der Waals surface area contributed by atoms with Crippen LogP contribution in [-0.4, -0.2) is 18.2 Å². The van der Waals surface area contributed by atoms with Gasteiger partial charge in [-0.1, -0.05) is 6.42 Å². The Morgan fingerprint density at radius 2 is 2.33 bits per heavy atom. The van der Waals surface area contributed by atoms with E-state index in [1.165, 1.54) is 0 Å². The Labute approximate surface area is 87.8 Å². The summed E-state index contributed by atoms with van der Waals surface area (Å²) in [5, 5.41) is 9.19. The van der Waals surface area contributed by atoms with Gasteiger partial charge in [-0.25, -0.2) is 0 Å². The molecule has 4 nitrogen and oxygen atoms in total. The van der Waals surface area contributed by atoms with Crippen molar-refractivity contribution < 1.29 is 19.1 Å². The Morgan fingerprint density at radius 3 is 2.80 bits per heavy atom. The van der Waals surface area contributed by atoms with Crippen molar-refractivity contribution in [2.75, 3.05) is 7.11 Å². The van der Waals surface area contributed by atoms with Crippen molar-refractivity contribution in [2.24, 2.45) is 0 Å². The number of aliphatic carboxylic acids is 1. The smallest absolute Gasteiger partial charge is 0.317 e. The molecule has 0 aliphatic heterocycles. The highest BCUT2D eigenvalue weighted by molar-refractivity contribution is 5.81. The summed E-state index contributed by atoms with van der Waals surface area (Å²) in [6.45, 7) is 0.385. The highest BCUT2D eigenvalue weighted by Crippen LogP contribution is 2.44. The minimum atomic E-state index is -0.785. The predicted octanol–water partition coefficient (Wildman–Crippen LogP) is 1.93. The van der Waals surface area contributed by atoms with E-state index in [0.717, 1.165) is 6.42 Å². The third-order valence-electron chi connectivity index (χ3n) is 3.04. The van der Waals surface area contributed by atoms with Crippen molar-refractivity contribution in [3.8, 4) is 0 Å². The lowest BCUT2D eigenvalue weighted by Gasteiger charge is -2.35. The zero-order valence-corrected chi connectivity index (χ0v) is 8.66. The fourth-order valence-corrected chi connectivity index (χ4v) is 1.95. The molecule has 0 bridgehead atoms. The zero-order chi connectivity index (χ0) is 10.9. The van der Waals surface area contributed by atoms with Crippen molar-refractivity contribution in [1.29, 1.82) is 0 Å². The molecule has 1 N–H and O–H groups in total. The standard InChI is InChI=1S/C11H14O4/c1-14-7-8-3-4-9(15-8)11(10(12)13)5-2-6-11/h3-4H,2,5-7H2,1H3,(H,12,13). The summed E-state index contributed by atoms with van der Waals surface area (Å²) in [5.74, 6) is 0.459. The molecule has 2 rings (SSSR count). The number of methoxy groups -OCH3 is 1. The molecule has 0 aromatic carbocycles. The third kappa shape index (κ3) is 1.55. The molecule has 1 aromatic heterocycles. The van der Waals surface area contributed by atoms with E-state index in [-0.39, 0.29) is 0 Å². The summed E-state index contributed by atoms with van der Waals surface area (Å²) >= 11 is 0. The first-order valence-corrected chi connectivity index (χ1v) is 5.00. The van der Waals surface area contributed by atoms with E-state index < -0.39 is 11.4 Å². The monoisotopic (exact) mass is 210 g/mol. The normalized spacial score (nSPS) is 18.5. The molecule has 0 unspecified atom stereocenters. The second-order valence-corrected chi connectivity index (χ2v) is 3.94. The molecular formula is C11H14O4. The number of carboxylic acid groups (broad SMARTS) is 1. The van der Waals surface area contributed by atoms with E-state index in [1.54, 1.807) is 19.2 Å². The van der Waals surface area contributed by atoms with Gasteiger partial charge in [-0.05, 0) is 25.0 Å². The maximum Gasteiger partial charge on any atom is 0.317 e. The first-order chi connectivity index (χ1) is 7.19. The molecule has 1 aromatic rings. The number of rotatable bonds is 4. The molecule has 0 saturated heterocycles. The maximum atomic E-state index is 11.2. The summed E-state index contributed by atoms with van der Waals surface area (Å²) in [6.07, 6.45) is 2.29. The second-order valence-electron chi connectivity index (χ2n) is 3.94. The molecular weight excluding hydrogens is 196 g/mol. The Hall–Kier alpha value is -1.29. The second kappa shape index (κ2) is 3.70. The molecule has 1 aliphatic carbocycles. The number of carbonyl (C=O) groups is 1. The molecule has 0 spiro atoms. The lowest BCUT2D eigenvalue weighted by atomic mass is 9.67. The Bertz CT molecular complexity index is 362. The number of hydrogen-bond acceptors (Lipinski definition) is 3. The van der Waals surface area contributed by atoms with Crippen LogP contribution in [-0.2, 0) is 21.6 Å². The number of hydrogen-bond donors (Lipinski definition) is 1. The van der Waals surface area contributed by atoms with Gasteiger partial charge in [-0.2, -0.15) is 0 Å². The van der Waals surface area contributed by atoms with Crippen molar-refractivity contribution in [3.63, 3.8) is 0 Å². The van der Waals surface area contributed by atoms with Gasteiger partial charge in [0.2, 0.25) is 0 Å². The molecule has 0 radical (unpaired) electrons. The van der Waals surface area contributed by atoms with Gasteiger partial charge in [-0.3, -0.25) is 4.79 Å². The van der Waals surface area contributed by atoms with Crippen LogP contribution in [0, 0.1) is 0 Å². The van der Waals surface area contributed by atoms with Crippen molar-refractivity contribution >= 4 is 5.97 Å². The fourth-order valence-electron chi connectivity index (χ4n) is 1.95. The lowest BCUT2D eigenvalue weighted by Crippen LogP contribution is -2.41. The van der Waals surface area contributed by atoms with Crippen LogP contribution >= 0.6 is 0 Å². The van der Waals surface area contributed by atoms with Crippen LogP contribution in [0.25, 0.3) is 0 Å². The molecule has 1 saturated carbocycles. The minimum absolute atomic E-state index is 0.385. The molecule has 1 aliphatic rings. The average molecular weight is 210 g/mol. The zero-order valence-electron chi connectivity index (χ0n) is 8.66. The molecule has 1 heterocycles. The number of furan rings is 1. The summed E-state index contributed by atoms with van der Waals surface area (Å²) in [5.41, 5.74) is -0.772. The summed E-state index contributed by atoms with van der Waals surface area (Å²) in [7, 11) is 1.58. The van der Waals surface area contributed by atoms with Gasteiger partial charge in [0.25, 0.3) is 0 Å². The maximum absolute atomic E-state index is 11.2. The Morgan fingerprint density at radius 1 is 1.60 bits per heavy atom. The summed E-state index contributed by atoms with van der Waals surface area (Å²) in [6, 6.07) is 3.53. The van der Waals surface area contributed by atoms with Gasteiger partial charge in [0.1, 0.15) is 23.5 Å². The van der Waals surface area contributed by atoms with E-state index in [1.807, 2.05) is 0 Å². The van der Waals surface area contributed by atoms with Crippen LogP contribution < -0.4 is 0 Å². The van der Waals surface area contributed by atoms with E-state index in [0.29, 0.717) is 31.0 Å². The van der Waals surface area contributed by atoms with E-state index in [2.05, 4.69) is 0 Å². The topological polar surface area (TPSA) is 59.7 Å². The molecule has 0 atom stereocenters. The van der Waals surface area contributed by atoms with E-state index in [9.17, 15) is 9.90 Å². The number of carboxylic acids is 1. The predicted molar refractivity (Wildman–Crippen MR) is 52.6 cm³/mol. The average Bonchev–Trinajstić information content (AvgIpc) is 2.51. The summed E-state index contributed by atoms with van der Waals surface area (Å²) in [4.78, 5) is 11.2. The Balaban J connectivity index is 2.23. The van der Waals surface area contributed by atoms with Gasteiger partial charge in [0.05, 0.1) is 0 Å². The first-order valence-electron chi connectivity index (χ1n) is 5.00. The van der Waals surface area contributed by atoms with Crippen LogP contribution in [0.2, 0.25) is 0 Å². The highest BCUT2D eigenvalue weighted by atomic mass is 16.5. The summed E-state index contributed by atoms with van der Waals surface area (Å²) < 4.78 is 10.4. The Kier molecular flexibility index (Phi) is 2.52. The third-order valence-corrected chi connectivity index (χ3v) is 3.04. The molecule has 82 valence electrons. The molecule has 0 amide bonds. The lowest BCUT2D eigenvalue weighted by molar-refractivity contribution is -0.148.